The van der Waals surface area contributed by atoms with E-state index in [1.54, 1.807) is 15.9 Å². The highest BCUT2D eigenvalue weighted by Crippen LogP contribution is 2.40. The topological polar surface area (TPSA) is 53.7 Å². The Balaban J connectivity index is 1.78. The van der Waals surface area contributed by atoms with E-state index in [0.717, 1.165) is 41.6 Å². The van der Waals surface area contributed by atoms with Crippen LogP contribution >= 0.6 is 11.3 Å². The molecular formula is C20H26N4OS. The Bertz CT molecular complexity index is 877. The summed E-state index contributed by atoms with van der Waals surface area (Å²) in [6, 6.07) is 8.90. The lowest BCUT2D eigenvalue weighted by molar-refractivity contribution is 0.186. The van der Waals surface area contributed by atoms with Crippen molar-refractivity contribution in [3.8, 4) is 5.88 Å². The van der Waals surface area contributed by atoms with Gasteiger partial charge in [-0.2, -0.15) is 4.52 Å². The van der Waals surface area contributed by atoms with Gasteiger partial charge in [-0.3, -0.25) is 4.90 Å². The van der Waals surface area contributed by atoms with Gasteiger partial charge in [0.2, 0.25) is 10.8 Å². The predicted octanol–water partition coefficient (Wildman–Crippen LogP) is 4.20. The monoisotopic (exact) mass is 370 g/mol. The highest BCUT2D eigenvalue weighted by molar-refractivity contribution is 7.17. The summed E-state index contributed by atoms with van der Waals surface area (Å²) < 4.78 is 1.61. The number of aryl methyl sites for hydroxylation is 2. The van der Waals surface area contributed by atoms with Gasteiger partial charge in [0.25, 0.3) is 0 Å². The van der Waals surface area contributed by atoms with Crippen molar-refractivity contribution in [3.05, 3.63) is 46.1 Å². The lowest BCUT2D eigenvalue weighted by atomic mass is 9.99. The zero-order chi connectivity index (χ0) is 18.1. The number of likely N-dealkylation sites (tertiary alicyclic amines) is 1. The summed E-state index contributed by atoms with van der Waals surface area (Å²) in [5, 5.41) is 15.4. The maximum Gasteiger partial charge on any atom is 0.230 e. The quantitative estimate of drug-likeness (QED) is 0.731. The molecule has 5 nitrogen and oxygen atoms in total. The normalized spacial score (nSPS) is 17.0. The molecule has 0 saturated carbocycles. The van der Waals surface area contributed by atoms with Crippen LogP contribution in [0.5, 0.6) is 5.88 Å². The fourth-order valence-electron chi connectivity index (χ4n) is 3.76. The molecule has 138 valence electrons. The SMILES string of the molecule is CCc1ccc([C@H](c2sc3nc(CC)nn3c2O)N2CCCCC2)cc1. The summed E-state index contributed by atoms with van der Waals surface area (Å²) in [6.07, 6.45) is 5.53. The molecular weight excluding hydrogens is 344 g/mol. The van der Waals surface area contributed by atoms with E-state index in [1.165, 1.54) is 30.4 Å². The average molecular weight is 371 g/mol. The van der Waals surface area contributed by atoms with Crippen molar-refractivity contribution in [2.75, 3.05) is 13.1 Å². The van der Waals surface area contributed by atoms with Crippen molar-refractivity contribution in [2.24, 2.45) is 0 Å². The molecule has 1 aliphatic rings. The molecule has 3 heterocycles. The van der Waals surface area contributed by atoms with Crippen LogP contribution in [0.25, 0.3) is 4.96 Å². The van der Waals surface area contributed by atoms with Crippen molar-refractivity contribution in [1.29, 1.82) is 0 Å². The van der Waals surface area contributed by atoms with Gasteiger partial charge >= 0.3 is 0 Å². The molecule has 1 fully saturated rings. The fraction of sp³-hybridized carbons (Fsp3) is 0.500. The molecule has 0 unspecified atom stereocenters. The molecule has 0 radical (unpaired) electrons. The molecule has 0 amide bonds. The molecule has 0 aliphatic carbocycles. The molecule has 1 saturated heterocycles. The van der Waals surface area contributed by atoms with Crippen LogP contribution < -0.4 is 0 Å². The predicted molar refractivity (Wildman–Crippen MR) is 105 cm³/mol. The Kier molecular flexibility index (Phi) is 4.96. The largest absolute Gasteiger partial charge is 0.492 e. The van der Waals surface area contributed by atoms with Gasteiger partial charge in [-0.25, -0.2) is 4.98 Å². The van der Waals surface area contributed by atoms with Gasteiger partial charge < -0.3 is 5.11 Å². The lowest BCUT2D eigenvalue weighted by Gasteiger charge is -2.34. The molecule has 0 spiro atoms. The second-order valence-electron chi connectivity index (χ2n) is 6.96. The van der Waals surface area contributed by atoms with E-state index in [2.05, 4.69) is 46.2 Å². The highest BCUT2D eigenvalue weighted by Gasteiger charge is 2.30. The van der Waals surface area contributed by atoms with Gasteiger partial charge in [-0.15, -0.1) is 5.10 Å². The van der Waals surface area contributed by atoms with Gasteiger partial charge in [-0.1, -0.05) is 55.9 Å². The summed E-state index contributed by atoms with van der Waals surface area (Å²) in [5.74, 6) is 1.02. The van der Waals surface area contributed by atoms with Crippen molar-refractivity contribution < 1.29 is 5.11 Å². The first-order valence-electron chi connectivity index (χ1n) is 9.61. The molecule has 1 aliphatic heterocycles. The van der Waals surface area contributed by atoms with E-state index in [4.69, 9.17) is 0 Å². The summed E-state index contributed by atoms with van der Waals surface area (Å²) >= 11 is 1.56. The summed E-state index contributed by atoms with van der Waals surface area (Å²) in [6.45, 7) is 6.33. The van der Waals surface area contributed by atoms with Crippen LogP contribution in [-0.4, -0.2) is 37.7 Å². The molecule has 0 bridgehead atoms. The average Bonchev–Trinajstić information content (AvgIpc) is 3.23. The summed E-state index contributed by atoms with van der Waals surface area (Å²) in [5.41, 5.74) is 2.57. The number of aromatic hydroxyl groups is 1. The third-order valence-corrected chi connectivity index (χ3v) is 6.34. The number of aromatic nitrogens is 3. The molecule has 1 atom stereocenters. The number of hydrogen-bond acceptors (Lipinski definition) is 5. The molecule has 2 aromatic heterocycles. The van der Waals surface area contributed by atoms with Crippen LogP contribution in [0.3, 0.4) is 0 Å². The molecule has 26 heavy (non-hydrogen) atoms. The van der Waals surface area contributed by atoms with Crippen molar-refractivity contribution in [2.45, 2.75) is 52.0 Å². The van der Waals surface area contributed by atoms with Crippen molar-refractivity contribution in [1.82, 2.24) is 19.5 Å². The minimum absolute atomic E-state index is 0.0692. The Morgan fingerprint density at radius 1 is 1.08 bits per heavy atom. The number of benzene rings is 1. The van der Waals surface area contributed by atoms with Gasteiger partial charge in [0.05, 0.1) is 10.9 Å². The Labute approximate surface area is 158 Å². The number of thiazole rings is 1. The van der Waals surface area contributed by atoms with Gasteiger partial charge in [0.1, 0.15) is 0 Å². The Hall–Kier alpha value is -1.92. The molecule has 4 rings (SSSR count). The van der Waals surface area contributed by atoms with Gasteiger partial charge in [0.15, 0.2) is 5.82 Å². The smallest absolute Gasteiger partial charge is 0.230 e. The second kappa shape index (κ2) is 7.37. The Morgan fingerprint density at radius 3 is 2.42 bits per heavy atom. The van der Waals surface area contributed by atoms with E-state index in [0.29, 0.717) is 0 Å². The van der Waals surface area contributed by atoms with Crippen LogP contribution in [0.2, 0.25) is 0 Å². The van der Waals surface area contributed by atoms with Crippen LogP contribution in [0.15, 0.2) is 24.3 Å². The maximum absolute atomic E-state index is 10.9. The maximum atomic E-state index is 10.9. The van der Waals surface area contributed by atoms with Gasteiger partial charge in [0, 0.05) is 6.42 Å². The minimum atomic E-state index is 0.0692. The Morgan fingerprint density at radius 2 is 1.81 bits per heavy atom. The summed E-state index contributed by atoms with van der Waals surface area (Å²) in [7, 11) is 0. The number of nitrogens with zero attached hydrogens (tertiary/aromatic N) is 4. The van der Waals surface area contributed by atoms with Crippen molar-refractivity contribution >= 4 is 16.3 Å². The van der Waals surface area contributed by atoms with Crippen LogP contribution in [0.4, 0.5) is 0 Å². The van der Waals surface area contributed by atoms with Crippen LogP contribution in [0.1, 0.15) is 61.0 Å². The number of rotatable bonds is 5. The minimum Gasteiger partial charge on any atom is -0.492 e. The first-order valence-corrected chi connectivity index (χ1v) is 10.4. The van der Waals surface area contributed by atoms with E-state index < -0.39 is 0 Å². The van der Waals surface area contributed by atoms with E-state index in [9.17, 15) is 5.11 Å². The third-order valence-electron chi connectivity index (χ3n) is 5.27. The van der Waals surface area contributed by atoms with Crippen LogP contribution in [0, 0.1) is 0 Å². The van der Waals surface area contributed by atoms with E-state index in [1.807, 2.05) is 6.92 Å². The second-order valence-corrected chi connectivity index (χ2v) is 7.97. The third kappa shape index (κ3) is 3.12. The molecule has 1 N–H and O–H groups in total. The molecule has 1 aromatic carbocycles. The zero-order valence-electron chi connectivity index (χ0n) is 15.5. The molecule has 3 aromatic rings. The number of fused-ring (bicyclic) bond motifs is 1. The zero-order valence-corrected chi connectivity index (χ0v) is 16.3. The van der Waals surface area contributed by atoms with E-state index >= 15 is 0 Å². The lowest BCUT2D eigenvalue weighted by Crippen LogP contribution is -2.34. The van der Waals surface area contributed by atoms with Gasteiger partial charge in [-0.05, 0) is 43.5 Å². The summed E-state index contributed by atoms with van der Waals surface area (Å²) in [4.78, 5) is 8.78. The number of hydrogen-bond donors (Lipinski definition) is 1. The molecule has 6 heteroatoms. The van der Waals surface area contributed by atoms with Crippen LogP contribution in [-0.2, 0) is 12.8 Å². The standard InChI is InChI=1S/C20H26N4OS/c1-3-14-8-10-15(11-9-14)17(23-12-6-5-7-13-23)18-19(25)24-20(26-18)21-16(4-2)22-24/h8-11,17,25H,3-7,12-13H2,1-2H3/t17-/m1/s1. The van der Waals surface area contributed by atoms with Crippen molar-refractivity contribution in [3.63, 3.8) is 0 Å². The highest BCUT2D eigenvalue weighted by atomic mass is 32.1. The fourth-order valence-corrected chi connectivity index (χ4v) is 4.89. The number of piperidine rings is 1. The van der Waals surface area contributed by atoms with E-state index in [-0.39, 0.29) is 11.9 Å². The first-order chi connectivity index (χ1) is 12.7. The first kappa shape index (κ1) is 17.5.